The van der Waals surface area contributed by atoms with Crippen molar-refractivity contribution in [2.75, 3.05) is 7.11 Å². The normalized spacial score (nSPS) is 11.9. The highest BCUT2D eigenvalue weighted by Crippen LogP contribution is 2.21. The van der Waals surface area contributed by atoms with Crippen LogP contribution in [0.15, 0.2) is 30.9 Å². The van der Waals surface area contributed by atoms with Crippen LogP contribution in [0.4, 0.5) is 4.39 Å². The first-order chi connectivity index (χ1) is 7.61. The van der Waals surface area contributed by atoms with E-state index >= 15 is 0 Å². The molecule has 0 saturated carbocycles. The van der Waals surface area contributed by atoms with E-state index in [0.717, 1.165) is 0 Å². The van der Waals surface area contributed by atoms with Gasteiger partial charge in [-0.15, -0.1) is 6.58 Å². The van der Waals surface area contributed by atoms with Gasteiger partial charge in [0.2, 0.25) is 0 Å². The smallest absolute Gasteiger partial charge is 0.182 e. The van der Waals surface area contributed by atoms with E-state index in [2.05, 4.69) is 6.58 Å². The topological polar surface area (TPSA) is 52.3 Å². The van der Waals surface area contributed by atoms with E-state index < -0.39 is 17.6 Å². The number of methoxy groups -OCH3 is 1. The Morgan fingerprint density at radius 1 is 1.69 bits per heavy atom. The van der Waals surface area contributed by atoms with Crippen LogP contribution in [-0.2, 0) is 0 Å². The predicted octanol–water partition coefficient (Wildman–Crippen LogP) is 1.92. The Kier molecular flexibility index (Phi) is 4.19. The molecule has 1 atom stereocenters. The van der Waals surface area contributed by atoms with Gasteiger partial charge in [-0.3, -0.25) is 4.79 Å². The first-order valence-corrected chi connectivity index (χ1v) is 4.85. The number of ether oxygens (including phenoxy) is 1. The van der Waals surface area contributed by atoms with Crippen LogP contribution < -0.4 is 10.5 Å². The summed E-state index contributed by atoms with van der Waals surface area (Å²) in [6.45, 7) is 3.48. The van der Waals surface area contributed by atoms with E-state index in [4.69, 9.17) is 10.5 Å². The maximum Gasteiger partial charge on any atom is 0.182 e. The van der Waals surface area contributed by atoms with Gasteiger partial charge < -0.3 is 10.5 Å². The van der Waals surface area contributed by atoms with Crippen LogP contribution in [0.5, 0.6) is 5.75 Å². The second-order valence-electron chi connectivity index (χ2n) is 3.32. The lowest BCUT2D eigenvalue weighted by Gasteiger charge is -2.10. The summed E-state index contributed by atoms with van der Waals surface area (Å²) in [6, 6.07) is 3.63. The van der Waals surface area contributed by atoms with Crippen molar-refractivity contribution in [2.45, 2.75) is 12.5 Å². The fraction of sp³-hybridized carbons (Fsp3) is 0.250. The molecule has 0 bridgehead atoms. The van der Waals surface area contributed by atoms with Crippen LogP contribution in [0, 0.1) is 5.82 Å². The third-order valence-electron chi connectivity index (χ3n) is 2.21. The Balaban J connectivity index is 3.04. The maximum atomic E-state index is 13.7. The van der Waals surface area contributed by atoms with E-state index in [1.807, 2.05) is 0 Å². The summed E-state index contributed by atoms with van der Waals surface area (Å²) >= 11 is 0. The van der Waals surface area contributed by atoms with Crippen LogP contribution in [0.2, 0.25) is 0 Å². The molecule has 0 spiro atoms. The van der Waals surface area contributed by atoms with Crippen LogP contribution in [0.25, 0.3) is 0 Å². The molecule has 1 aromatic carbocycles. The quantitative estimate of drug-likeness (QED) is 0.613. The van der Waals surface area contributed by atoms with Crippen molar-refractivity contribution in [1.29, 1.82) is 0 Å². The molecule has 0 saturated heterocycles. The average molecular weight is 223 g/mol. The Morgan fingerprint density at radius 3 is 2.94 bits per heavy atom. The second-order valence-corrected chi connectivity index (χ2v) is 3.32. The van der Waals surface area contributed by atoms with Gasteiger partial charge in [-0.2, -0.15) is 0 Å². The molecular formula is C12H14FNO2. The monoisotopic (exact) mass is 223 g/mol. The summed E-state index contributed by atoms with van der Waals surface area (Å²) in [4.78, 5) is 11.8. The Hall–Kier alpha value is -1.68. The molecule has 0 radical (unpaired) electrons. The van der Waals surface area contributed by atoms with E-state index in [9.17, 15) is 9.18 Å². The zero-order valence-corrected chi connectivity index (χ0v) is 9.07. The Morgan fingerprint density at radius 2 is 2.38 bits per heavy atom. The molecule has 0 aliphatic carbocycles. The van der Waals surface area contributed by atoms with Gasteiger partial charge >= 0.3 is 0 Å². The van der Waals surface area contributed by atoms with E-state index in [-0.39, 0.29) is 11.3 Å². The molecule has 86 valence electrons. The molecule has 0 fully saturated rings. The van der Waals surface area contributed by atoms with E-state index in [1.165, 1.54) is 25.3 Å². The van der Waals surface area contributed by atoms with Gasteiger partial charge in [0.05, 0.1) is 18.7 Å². The minimum atomic E-state index is -0.765. The molecule has 0 amide bonds. The Labute approximate surface area is 93.7 Å². The molecule has 16 heavy (non-hydrogen) atoms. The molecule has 3 nitrogen and oxygen atoms in total. The van der Waals surface area contributed by atoms with Crippen molar-refractivity contribution in [2.24, 2.45) is 5.73 Å². The number of halogens is 1. The third-order valence-corrected chi connectivity index (χ3v) is 2.21. The van der Waals surface area contributed by atoms with Crippen molar-refractivity contribution in [3.05, 3.63) is 42.2 Å². The number of ketones is 1. The lowest BCUT2D eigenvalue weighted by atomic mass is 10.0. The molecule has 0 aliphatic heterocycles. The fourth-order valence-corrected chi connectivity index (χ4v) is 1.35. The summed E-state index contributed by atoms with van der Waals surface area (Å²) in [5.41, 5.74) is 5.54. The SMILES string of the molecule is C=CCC(N)C(=O)c1cccc(OC)c1F. The zero-order valence-electron chi connectivity index (χ0n) is 9.07. The number of carbonyl (C=O) groups excluding carboxylic acids is 1. The van der Waals surface area contributed by atoms with Crippen molar-refractivity contribution < 1.29 is 13.9 Å². The summed E-state index contributed by atoms with van der Waals surface area (Å²) in [7, 11) is 1.34. The third kappa shape index (κ3) is 2.46. The molecular weight excluding hydrogens is 209 g/mol. The Bertz CT molecular complexity index is 404. The number of carbonyl (C=O) groups is 1. The summed E-state index contributed by atoms with van der Waals surface area (Å²) in [6.07, 6.45) is 1.84. The number of hydrogen-bond donors (Lipinski definition) is 1. The average Bonchev–Trinajstić information content (AvgIpc) is 2.29. The second kappa shape index (κ2) is 5.42. The lowest BCUT2D eigenvalue weighted by molar-refractivity contribution is 0.0957. The van der Waals surface area contributed by atoms with Crippen LogP contribution in [0.3, 0.4) is 0 Å². The van der Waals surface area contributed by atoms with Crippen LogP contribution in [-0.4, -0.2) is 18.9 Å². The van der Waals surface area contributed by atoms with E-state index in [0.29, 0.717) is 6.42 Å². The lowest BCUT2D eigenvalue weighted by Crippen LogP contribution is -2.30. The molecule has 1 aromatic rings. The summed E-state index contributed by atoms with van der Waals surface area (Å²) in [5, 5.41) is 0. The van der Waals surface area contributed by atoms with Crippen molar-refractivity contribution in [3.8, 4) is 5.75 Å². The fourth-order valence-electron chi connectivity index (χ4n) is 1.35. The minimum Gasteiger partial charge on any atom is -0.494 e. The molecule has 4 heteroatoms. The van der Waals surface area contributed by atoms with E-state index in [1.54, 1.807) is 6.07 Å². The summed E-state index contributed by atoms with van der Waals surface area (Å²) < 4.78 is 18.5. The molecule has 2 N–H and O–H groups in total. The van der Waals surface area contributed by atoms with Gasteiger partial charge in [0, 0.05) is 0 Å². The molecule has 1 rings (SSSR count). The molecule has 0 aromatic heterocycles. The van der Waals surface area contributed by atoms with Crippen LogP contribution >= 0.6 is 0 Å². The number of rotatable bonds is 5. The van der Waals surface area contributed by atoms with Gasteiger partial charge in [0.15, 0.2) is 17.3 Å². The number of hydrogen-bond acceptors (Lipinski definition) is 3. The van der Waals surface area contributed by atoms with Gasteiger partial charge in [0.25, 0.3) is 0 Å². The van der Waals surface area contributed by atoms with Gasteiger partial charge in [-0.05, 0) is 18.6 Å². The van der Waals surface area contributed by atoms with Crippen molar-refractivity contribution in [3.63, 3.8) is 0 Å². The first kappa shape index (κ1) is 12.4. The minimum absolute atomic E-state index is 0.0386. The maximum absolute atomic E-state index is 13.7. The predicted molar refractivity (Wildman–Crippen MR) is 60.1 cm³/mol. The first-order valence-electron chi connectivity index (χ1n) is 4.85. The van der Waals surface area contributed by atoms with Crippen LogP contribution in [0.1, 0.15) is 16.8 Å². The highest BCUT2D eigenvalue weighted by atomic mass is 19.1. The van der Waals surface area contributed by atoms with Crippen molar-refractivity contribution >= 4 is 5.78 Å². The molecule has 1 unspecified atom stereocenters. The molecule has 0 heterocycles. The number of Topliss-reactive ketones (excluding diaryl/α,β-unsaturated/α-hetero) is 1. The number of nitrogens with two attached hydrogens (primary N) is 1. The zero-order chi connectivity index (χ0) is 12.1. The highest BCUT2D eigenvalue weighted by molar-refractivity contribution is 6.00. The number of benzene rings is 1. The van der Waals surface area contributed by atoms with Gasteiger partial charge in [0.1, 0.15) is 0 Å². The van der Waals surface area contributed by atoms with Crippen molar-refractivity contribution in [1.82, 2.24) is 0 Å². The van der Waals surface area contributed by atoms with Gasteiger partial charge in [-0.25, -0.2) is 4.39 Å². The highest BCUT2D eigenvalue weighted by Gasteiger charge is 2.20. The standard InChI is InChI=1S/C12H14FNO2/c1-3-5-9(14)12(15)8-6-4-7-10(16-2)11(8)13/h3-4,6-7,9H,1,5,14H2,2H3. The van der Waals surface area contributed by atoms with Gasteiger partial charge in [-0.1, -0.05) is 12.1 Å². The summed E-state index contributed by atoms with van der Waals surface area (Å²) in [5.74, 6) is -1.08. The largest absolute Gasteiger partial charge is 0.494 e. The molecule has 0 aliphatic rings.